The van der Waals surface area contributed by atoms with E-state index < -0.39 is 11.6 Å². The van der Waals surface area contributed by atoms with Crippen LogP contribution in [0.2, 0.25) is 5.54 Å². The van der Waals surface area contributed by atoms with Gasteiger partial charge in [-0.05, 0) is 62.1 Å². The Morgan fingerprint density at radius 3 is 2.18 bits per heavy atom. The Hall–Kier alpha value is -1.27. The van der Waals surface area contributed by atoms with Crippen molar-refractivity contribution in [2.45, 2.75) is 69.6 Å². The van der Waals surface area contributed by atoms with Gasteiger partial charge in [-0.15, -0.1) is 0 Å². The summed E-state index contributed by atoms with van der Waals surface area (Å²) in [7, 11) is 1.67. The number of hydrogen-bond donors (Lipinski definition) is 0. The van der Waals surface area contributed by atoms with E-state index in [-0.39, 0.29) is 27.2 Å². The highest BCUT2D eigenvalue weighted by Gasteiger charge is 2.34. The number of carbonyl (C=O) groups is 1. The molecule has 156 valence electrons. The first-order valence-electron chi connectivity index (χ1n) is 10.7. The van der Waals surface area contributed by atoms with Crippen molar-refractivity contribution in [3.8, 4) is 5.75 Å². The smallest absolute Gasteiger partial charge is 0.314 e. The molecule has 1 atom stereocenters. The maximum absolute atomic E-state index is 13.3. The van der Waals surface area contributed by atoms with Crippen LogP contribution in [0, 0.1) is 29.4 Å². The summed E-state index contributed by atoms with van der Waals surface area (Å²) in [5, 5.41) is 0. The first-order chi connectivity index (χ1) is 13.5. The van der Waals surface area contributed by atoms with E-state index in [0.717, 1.165) is 55.2 Å². The molecule has 0 bridgehead atoms. The molecule has 3 nitrogen and oxygen atoms in total. The highest BCUT2D eigenvalue weighted by molar-refractivity contribution is 6.39. The van der Waals surface area contributed by atoms with Gasteiger partial charge in [0.05, 0.1) is 15.4 Å². The normalized spacial score (nSPS) is 29.7. The van der Waals surface area contributed by atoms with Gasteiger partial charge < -0.3 is 9.47 Å². The standard InChI is InChI=1S/C22H32F2O3Si/c1-14(26-2)28-19-10-7-16(8-11-19)15-3-5-17(6-4-15)22(25)27-18-9-12-20(23)21(24)13-18/h9,12-17,19H,3-8,10-11,28H2,1-2H3/t14?,15-,16-,17-,19-. The molecule has 1 unspecified atom stereocenters. The van der Waals surface area contributed by atoms with Crippen LogP contribution in [0.25, 0.3) is 0 Å². The lowest BCUT2D eigenvalue weighted by Crippen LogP contribution is -2.31. The fraction of sp³-hybridized carbons (Fsp3) is 0.682. The predicted molar refractivity (Wildman–Crippen MR) is 108 cm³/mol. The fourth-order valence-corrected chi connectivity index (χ4v) is 7.10. The van der Waals surface area contributed by atoms with Crippen LogP contribution in [0.4, 0.5) is 8.78 Å². The molecule has 28 heavy (non-hydrogen) atoms. The van der Waals surface area contributed by atoms with Crippen molar-refractivity contribution in [1.29, 1.82) is 0 Å². The molecular weight excluding hydrogens is 378 g/mol. The van der Waals surface area contributed by atoms with Gasteiger partial charge in [-0.3, -0.25) is 4.79 Å². The molecule has 0 aromatic heterocycles. The van der Waals surface area contributed by atoms with Gasteiger partial charge in [-0.1, -0.05) is 25.7 Å². The third-order valence-electron chi connectivity index (χ3n) is 6.84. The molecule has 0 saturated heterocycles. The van der Waals surface area contributed by atoms with Crippen molar-refractivity contribution in [3.63, 3.8) is 0 Å². The van der Waals surface area contributed by atoms with Crippen molar-refractivity contribution >= 4 is 15.5 Å². The van der Waals surface area contributed by atoms with Crippen LogP contribution < -0.4 is 4.74 Å². The Kier molecular flexibility index (Phi) is 7.63. The third-order valence-corrected chi connectivity index (χ3v) is 9.32. The van der Waals surface area contributed by atoms with Crippen LogP contribution in [0.3, 0.4) is 0 Å². The molecule has 1 aromatic rings. The Bertz CT molecular complexity index is 653. The maximum atomic E-state index is 13.3. The van der Waals surface area contributed by atoms with Crippen LogP contribution in [-0.2, 0) is 9.53 Å². The molecule has 0 radical (unpaired) electrons. The number of esters is 1. The molecule has 6 heteroatoms. The summed E-state index contributed by atoms with van der Waals surface area (Å²) < 4.78 is 37.0. The van der Waals surface area contributed by atoms with Crippen LogP contribution >= 0.6 is 0 Å². The maximum Gasteiger partial charge on any atom is 0.314 e. The van der Waals surface area contributed by atoms with E-state index in [2.05, 4.69) is 6.92 Å². The zero-order valence-electron chi connectivity index (χ0n) is 17.0. The highest BCUT2D eigenvalue weighted by Crippen LogP contribution is 2.43. The van der Waals surface area contributed by atoms with Crippen LogP contribution in [0.15, 0.2) is 18.2 Å². The summed E-state index contributed by atoms with van der Waals surface area (Å²) >= 11 is 0. The Labute approximate surface area is 169 Å². The topological polar surface area (TPSA) is 35.5 Å². The van der Waals surface area contributed by atoms with Gasteiger partial charge in [0.1, 0.15) is 5.75 Å². The summed E-state index contributed by atoms with van der Waals surface area (Å²) in [6, 6.07) is 3.22. The van der Waals surface area contributed by atoms with Crippen molar-refractivity contribution in [2.75, 3.05) is 7.11 Å². The average molecular weight is 411 g/mol. The number of methoxy groups -OCH3 is 1. The number of ether oxygens (including phenoxy) is 2. The summed E-state index contributed by atoms with van der Waals surface area (Å²) in [4.78, 5) is 12.4. The number of rotatable bonds is 6. The highest BCUT2D eigenvalue weighted by atomic mass is 28.2. The lowest BCUT2D eigenvalue weighted by Gasteiger charge is -2.37. The minimum atomic E-state index is -0.993. The predicted octanol–water partition coefficient (Wildman–Crippen LogP) is 4.82. The van der Waals surface area contributed by atoms with Gasteiger partial charge >= 0.3 is 5.97 Å². The minimum absolute atomic E-state index is 0.0822. The van der Waals surface area contributed by atoms with E-state index in [1.54, 1.807) is 0 Å². The van der Waals surface area contributed by atoms with Crippen LogP contribution in [0.1, 0.15) is 58.3 Å². The van der Waals surface area contributed by atoms with Gasteiger partial charge in [-0.25, -0.2) is 8.78 Å². The van der Waals surface area contributed by atoms with E-state index in [1.807, 2.05) is 7.11 Å². The first kappa shape index (κ1) is 21.4. The second-order valence-corrected chi connectivity index (χ2v) is 11.4. The lowest BCUT2D eigenvalue weighted by molar-refractivity contribution is -0.140. The molecule has 2 aliphatic carbocycles. The molecule has 0 spiro atoms. The molecule has 3 rings (SSSR count). The summed E-state index contributed by atoms with van der Waals surface area (Å²) in [6.45, 7) is 2.21. The molecule has 0 heterocycles. The molecule has 0 N–H and O–H groups in total. The monoisotopic (exact) mass is 410 g/mol. The zero-order valence-corrected chi connectivity index (χ0v) is 18.4. The van der Waals surface area contributed by atoms with Crippen LogP contribution in [-0.4, -0.2) is 28.3 Å². The quantitative estimate of drug-likeness (QED) is 0.383. The average Bonchev–Trinajstić information content (AvgIpc) is 2.71. The minimum Gasteiger partial charge on any atom is -0.426 e. The Balaban J connectivity index is 1.42. The molecular formula is C22H32F2O3Si. The summed E-state index contributed by atoms with van der Waals surface area (Å²) in [6.07, 6.45) is 9.15. The molecule has 2 aliphatic rings. The number of hydrogen-bond acceptors (Lipinski definition) is 3. The second-order valence-electron chi connectivity index (χ2n) is 8.67. The van der Waals surface area contributed by atoms with Crippen molar-refractivity contribution in [2.24, 2.45) is 17.8 Å². The van der Waals surface area contributed by atoms with Crippen molar-refractivity contribution in [3.05, 3.63) is 29.8 Å². The number of benzene rings is 1. The van der Waals surface area contributed by atoms with Crippen molar-refractivity contribution < 1.29 is 23.0 Å². The van der Waals surface area contributed by atoms with Gasteiger partial charge in [-0.2, -0.15) is 0 Å². The number of halogens is 2. The van der Waals surface area contributed by atoms with E-state index >= 15 is 0 Å². The van der Waals surface area contributed by atoms with E-state index in [0.29, 0.717) is 5.73 Å². The van der Waals surface area contributed by atoms with Gasteiger partial charge in [0.25, 0.3) is 0 Å². The summed E-state index contributed by atoms with van der Waals surface area (Å²) in [5.74, 6) is -0.773. The third kappa shape index (κ3) is 5.63. The summed E-state index contributed by atoms with van der Waals surface area (Å²) in [5.41, 5.74) is 1.41. The largest absolute Gasteiger partial charge is 0.426 e. The first-order valence-corrected chi connectivity index (χ1v) is 12.3. The van der Waals surface area contributed by atoms with Gasteiger partial charge in [0, 0.05) is 18.9 Å². The second kappa shape index (κ2) is 9.97. The van der Waals surface area contributed by atoms with E-state index in [9.17, 15) is 13.6 Å². The molecule has 2 fully saturated rings. The molecule has 2 saturated carbocycles. The van der Waals surface area contributed by atoms with Crippen molar-refractivity contribution in [1.82, 2.24) is 0 Å². The van der Waals surface area contributed by atoms with E-state index in [1.165, 1.54) is 31.7 Å². The number of carbonyl (C=O) groups excluding carboxylic acids is 1. The van der Waals surface area contributed by atoms with E-state index in [4.69, 9.17) is 9.47 Å². The lowest BCUT2D eigenvalue weighted by atomic mass is 9.71. The SMILES string of the molecule is COC(C)[SiH2][C@H]1CC[C@H]([C@H]2CC[C@H](C(=O)Oc3ccc(F)c(F)c3)CC2)CC1. The van der Waals surface area contributed by atoms with Crippen LogP contribution in [0.5, 0.6) is 5.75 Å². The molecule has 0 aliphatic heterocycles. The fourth-order valence-electron chi connectivity index (χ4n) is 5.03. The van der Waals surface area contributed by atoms with Gasteiger partial charge in [0.15, 0.2) is 11.6 Å². The molecule has 1 aromatic carbocycles. The van der Waals surface area contributed by atoms with Gasteiger partial charge in [0.2, 0.25) is 0 Å². The molecule has 0 amide bonds. The Morgan fingerprint density at radius 1 is 1.00 bits per heavy atom. The zero-order chi connectivity index (χ0) is 20.1. The Morgan fingerprint density at radius 2 is 1.61 bits per heavy atom.